The first-order chi connectivity index (χ1) is 8.19. The summed E-state index contributed by atoms with van der Waals surface area (Å²) in [6, 6.07) is 5.77. The van der Waals surface area contributed by atoms with Crippen molar-refractivity contribution in [3.8, 4) is 11.5 Å². The summed E-state index contributed by atoms with van der Waals surface area (Å²) in [6.07, 6.45) is -0.494. The molecular weight excluding hydrogens is 218 g/mol. The van der Waals surface area contributed by atoms with E-state index in [1.165, 1.54) is 0 Å². The second-order valence-corrected chi connectivity index (χ2v) is 3.89. The maximum atomic E-state index is 9.26. The number of rotatable bonds is 7. The van der Waals surface area contributed by atoms with Crippen molar-refractivity contribution in [1.82, 2.24) is 5.32 Å². The number of benzene rings is 1. The zero-order valence-corrected chi connectivity index (χ0v) is 10.7. The normalized spacial score (nSPS) is 12.2. The van der Waals surface area contributed by atoms with E-state index < -0.39 is 6.10 Å². The molecule has 1 atom stereocenters. The van der Waals surface area contributed by atoms with Crippen molar-refractivity contribution in [1.29, 1.82) is 0 Å². The Morgan fingerprint density at radius 2 is 2.18 bits per heavy atom. The lowest BCUT2D eigenvalue weighted by Gasteiger charge is -2.16. The zero-order chi connectivity index (χ0) is 12.7. The molecule has 0 radical (unpaired) electrons. The van der Waals surface area contributed by atoms with Gasteiger partial charge in [-0.3, -0.25) is 0 Å². The van der Waals surface area contributed by atoms with Crippen LogP contribution in [0.25, 0.3) is 0 Å². The predicted octanol–water partition coefficient (Wildman–Crippen LogP) is 1.56. The van der Waals surface area contributed by atoms with Crippen molar-refractivity contribution in [3.63, 3.8) is 0 Å². The van der Waals surface area contributed by atoms with Crippen LogP contribution in [0, 0.1) is 0 Å². The molecular formula is C13H21NO3. The molecule has 96 valence electrons. The second-order valence-electron chi connectivity index (χ2n) is 3.89. The molecule has 0 aromatic heterocycles. The maximum Gasteiger partial charge on any atom is 0.165 e. The summed E-state index contributed by atoms with van der Waals surface area (Å²) in [6.45, 7) is 5.63. The summed E-state index contributed by atoms with van der Waals surface area (Å²) in [5, 5.41) is 12.5. The fraction of sp³-hybridized carbons (Fsp3) is 0.538. The molecule has 1 rings (SSSR count). The van der Waals surface area contributed by atoms with E-state index in [0.717, 1.165) is 18.7 Å². The van der Waals surface area contributed by atoms with Crippen LogP contribution in [-0.2, 0) is 6.54 Å². The van der Waals surface area contributed by atoms with Gasteiger partial charge in [-0.1, -0.05) is 19.1 Å². The number of ether oxygens (including phenoxy) is 2. The summed E-state index contributed by atoms with van der Waals surface area (Å²) in [5.41, 5.74) is 1.03. The third-order valence-electron chi connectivity index (χ3n) is 2.31. The van der Waals surface area contributed by atoms with E-state index in [2.05, 4.69) is 12.2 Å². The third kappa shape index (κ3) is 4.24. The number of nitrogens with one attached hydrogen (secondary N) is 1. The topological polar surface area (TPSA) is 50.7 Å². The Balaban J connectivity index is 2.85. The van der Waals surface area contributed by atoms with Gasteiger partial charge in [0, 0.05) is 12.1 Å². The zero-order valence-electron chi connectivity index (χ0n) is 10.7. The molecule has 4 heteroatoms. The lowest BCUT2D eigenvalue weighted by Crippen LogP contribution is -2.17. The number of hydrogen-bond acceptors (Lipinski definition) is 4. The number of hydrogen-bond donors (Lipinski definition) is 2. The SMILES string of the molecule is CCNCc1cccc(OC)c1OCC(C)O. The van der Waals surface area contributed by atoms with Gasteiger partial charge >= 0.3 is 0 Å². The van der Waals surface area contributed by atoms with Gasteiger partial charge < -0.3 is 19.9 Å². The molecule has 0 fully saturated rings. The standard InChI is InChI=1S/C13H21NO3/c1-4-14-8-11-6-5-7-12(16-3)13(11)17-9-10(2)15/h5-7,10,14-15H,4,8-9H2,1-3H3. The highest BCUT2D eigenvalue weighted by molar-refractivity contribution is 5.46. The van der Waals surface area contributed by atoms with Crippen molar-refractivity contribution in [2.24, 2.45) is 0 Å². The lowest BCUT2D eigenvalue weighted by molar-refractivity contribution is 0.120. The lowest BCUT2D eigenvalue weighted by atomic mass is 10.2. The van der Waals surface area contributed by atoms with Crippen molar-refractivity contribution < 1.29 is 14.6 Å². The Labute approximate surface area is 103 Å². The molecule has 0 aliphatic heterocycles. The highest BCUT2D eigenvalue weighted by Crippen LogP contribution is 2.31. The first kappa shape index (κ1) is 13.8. The number of methoxy groups -OCH3 is 1. The van der Waals surface area contributed by atoms with Crippen LogP contribution in [0.1, 0.15) is 19.4 Å². The van der Waals surface area contributed by atoms with Crippen LogP contribution < -0.4 is 14.8 Å². The van der Waals surface area contributed by atoms with Gasteiger partial charge in [-0.25, -0.2) is 0 Å². The van der Waals surface area contributed by atoms with Crippen molar-refractivity contribution in [2.75, 3.05) is 20.3 Å². The molecule has 0 bridgehead atoms. The molecule has 0 spiro atoms. The fourth-order valence-corrected chi connectivity index (χ4v) is 1.49. The number of aliphatic hydroxyl groups excluding tert-OH is 1. The van der Waals surface area contributed by atoms with Gasteiger partial charge in [0.15, 0.2) is 11.5 Å². The molecule has 0 saturated heterocycles. The Hall–Kier alpha value is -1.26. The van der Waals surface area contributed by atoms with E-state index in [-0.39, 0.29) is 6.61 Å². The van der Waals surface area contributed by atoms with Gasteiger partial charge in [0.2, 0.25) is 0 Å². The van der Waals surface area contributed by atoms with Gasteiger partial charge in [-0.2, -0.15) is 0 Å². The quantitative estimate of drug-likeness (QED) is 0.758. The number of para-hydroxylation sites is 1. The highest BCUT2D eigenvalue weighted by Gasteiger charge is 2.11. The predicted molar refractivity (Wildman–Crippen MR) is 67.6 cm³/mol. The van der Waals surface area contributed by atoms with Crippen LogP contribution in [0.5, 0.6) is 11.5 Å². The molecule has 0 aliphatic carbocycles. The van der Waals surface area contributed by atoms with Crippen LogP contribution in [0.3, 0.4) is 0 Å². The molecule has 4 nitrogen and oxygen atoms in total. The van der Waals surface area contributed by atoms with Crippen molar-refractivity contribution >= 4 is 0 Å². The van der Waals surface area contributed by atoms with E-state index in [4.69, 9.17) is 9.47 Å². The molecule has 1 aromatic rings. The summed E-state index contributed by atoms with van der Waals surface area (Å²) in [7, 11) is 1.61. The Kier molecular flexibility index (Phi) is 5.80. The van der Waals surface area contributed by atoms with Crippen LogP contribution in [0.2, 0.25) is 0 Å². The number of aliphatic hydroxyl groups is 1. The van der Waals surface area contributed by atoms with Gasteiger partial charge in [-0.15, -0.1) is 0 Å². The highest BCUT2D eigenvalue weighted by atomic mass is 16.5. The van der Waals surface area contributed by atoms with E-state index in [9.17, 15) is 5.11 Å². The first-order valence-corrected chi connectivity index (χ1v) is 5.86. The maximum absolute atomic E-state index is 9.26. The Morgan fingerprint density at radius 1 is 1.41 bits per heavy atom. The average Bonchev–Trinajstić information content (AvgIpc) is 2.33. The Morgan fingerprint density at radius 3 is 2.76 bits per heavy atom. The van der Waals surface area contributed by atoms with Gasteiger partial charge in [0.1, 0.15) is 6.61 Å². The minimum Gasteiger partial charge on any atom is -0.493 e. The third-order valence-corrected chi connectivity index (χ3v) is 2.31. The summed E-state index contributed by atoms with van der Waals surface area (Å²) in [4.78, 5) is 0. The molecule has 1 unspecified atom stereocenters. The monoisotopic (exact) mass is 239 g/mol. The summed E-state index contributed by atoms with van der Waals surface area (Å²) in [5.74, 6) is 1.40. The molecule has 0 aliphatic rings. The van der Waals surface area contributed by atoms with Crippen LogP contribution in [0.4, 0.5) is 0 Å². The average molecular weight is 239 g/mol. The Bertz CT molecular complexity index is 339. The van der Waals surface area contributed by atoms with Crippen molar-refractivity contribution in [2.45, 2.75) is 26.5 Å². The molecule has 17 heavy (non-hydrogen) atoms. The second kappa shape index (κ2) is 7.14. The van der Waals surface area contributed by atoms with Crippen LogP contribution in [-0.4, -0.2) is 31.5 Å². The minimum absolute atomic E-state index is 0.263. The fourth-order valence-electron chi connectivity index (χ4n) is 1.49. The smallest absolute Gasteiger partial charge is 0.165 e. The minimum atomic E-state index is -0.494. The molecule has 1 aromatic carbocycles. The van der Waals surface area contributed by atoms with Gasteiger partial charge in [-0.05, 0) is 19.5 Å². The van der Waals surface area contributed by atoms with Crippen LogP contribution >= 0.6 is 0 Å². The van der Waals surface area contributed by atoms with Gasteiger partial charge in [0.25, 0.3) is 0 Å². The largest absolute Gasteiger partial charge is 0.493 e. The first-order valence-electron chi connectivity index (χ1n) is 5.86. The summed E-state index contributed by atoms with van der Waals surface area (Å²) >= 11 is 0. The van der Waals surface area contributed by atoms with E-state index >= 15 is 0 Å². The molecule has 2 N–H and O–H groups in total. The molecule has 0 saturated carbocycles. The van der Waals surface area contributed by atoms with E-state index in [0.29, 0.717) is 11.5 Å². The van der Waals surface area contributed by atoms with Gasteiger partial charge in [0.05, 0.1) is 13.2 Å². The molecule has 0 amide bonds. The van der Waals surface area contributed by atoms with Crippen LogP contribution in [0.15, 0.2) is 18.2 Å². The molecule has 0 heterocycles. The van der Waals surface area contributed by atoms with Crippen molar-refractivity contribution in [3.05, 3.63) is 23.8 Å². The van der Waals surface area contributed by atoms with E-state index in [1.807, 2.05) is 18.2 Å². The summed E-state index contributed by atoms with van der Waals surface area (Å²) < 4.78 is 10.9. The van der Waals surface area contributed by atoms with E-state index in [1.54, 1.807) is 14.0 Å².